The van der Waals surface area contributed by atoms with Gasteiger partial charge in [-0.15, -0.1) is 0 Å². The molecule has 0 aromatic carbocycles. The molecular weight excluding hydrogens is 316 g/mol. The maximum absolute atomic E-state index is 5.95. The van der Waals surface area contributed by atoms with E-state index in [1.165, 1.54) is 38.9 Å². The Morgan fingerprint density at radius 3 is 2.56 bits per heavy atom. The van der Waals surface area contributed by atoms with Crippen molar-refractivity contribution in [3.63, 3.8) is 0 Å². The monoisotopic (exact) mass is 352 g/mol. The van der Waals surface area contributed by atoms with E-state index in [0.29, 0.717) is 0 Å². The van der Waals surface area contributed by atoms with Gasteiger partial charge in [-0.25, -0.2) is 0 Å². The van der Waals surface area contributed by atoms with Crippen molar-refractivity contribution < 1.29 is 9.47 Å². The van der Waals surface area contributed by atoms with Crippen LogP contribution in [0.2, 0.25) is 0 Å². The maximum Gasteiger partial charge on any atom is 0.193 e. The van der Waals surface area contributed by atoms with Gasteiger partial charge in [-0.05, 0) is 57.7 Å². The minimum atomic E-state index is 0.188. The maximum atomic E-state index is 5.95. The summed E-state index contributed by atoms with van der Waals surface area (Å²) in [6.45, 7) is 10.5. The Labute approximate surface area is 152 Å². The van der Waals surface area contributed by atoms with Crippen LogP contribution in [0, 0.1) is 5.92 Å². The Morgan fingerprint density at radius 2 is 1.88 bits per heavy atom. The molecule has 0 spiro atoms. The highest BCUT2D eigenvalue weighted by atomic mass is 16.5. The van der Waals surface area contributed by atoms with Gasteiger partial charge in [0, 0.05) is 33.3 Å². The fraction of sp³-hybridized carbons (Fsp3) is 0.947. The third kappa shape index (κ3) is 5.31. The van der Waals surface area contributed by atoms with Gasteiger partial charge in [0.05, 0.1) is 12.7 Å². The van der Waals surface area contributed by atoms with E-state index in [1.54, 1.807) is 0 Å². The van der Waals surface area contributed by atoms with Crippen LogP contribution in [0.5, 0.6) is 0 Å². The lowest BCUT2D eigenvalue weighted by atomic mass is 9.93. The quantitative estimate of drug-likeness (QED) is 0.601. The highest BCUT2D eigenvalue weighted by molar-refractivity contribution is 5.80. The lowest BCUT2D eigenvalue weighted by Gasteiger charge is -2.37. The Hall–Kier alpha value is -0.850. The van der Waals surface area contributed by atoms with Crippen LogP contribution in [0.4, 0.5) is 0 Å². The van der Waals surface area contributed by atoms with E-state index in [0.717, 1.165) is 57.6 Å². The van der Waals surface area contributed by atoms with Crippen molar-refractivity contribution in [3.05, 3.63) is 0 Å². The first-order valence-corrected chi connectivity index (χ1v) is 10.2. The van der Waals surface area contributed by atoms with Gasteiger partial charge in [0.1, 0.15) is 6.10 Å². The number of likely N-dealkylation sites (tertiary alicyclic amines) is 1. The van der Waals surface area contributed by atoms with Crippen molar-refractivity contribution in [2.24, 2.45) is 10.9 Å². The predicted molar refractivity (Wildman–Crippen MR) is 101 cm³/mol. The molecule has 2 unspecified atom stereocenters. The first-order valence-electron chi connectivity index (χ1n) is 10.2. The number of ether oxygens (including phenoxy) is 2. The van der Waals surface area contributed by atoms with Crippen LogP contribution in [0.3, 0.4) is 0 Å². The smallest absolute Gasteiger partial charge is 0.193 e. The Bertz CT molecular complexity index is 418. The van der Waals surface area contributed by atoms with E-state index in [4.69, 9.17) is 9.47 Å². The number of morpholine rings is 1. The van der Waals surface area contributed by atoms with Crippen molar-refractivity contribution in [2.75, 3.05) is 59.5 Å². The van der Waals surface area contributed by atoms with Crippen molar-refractivity contribution >= 4 is 5.96 Å². The summed E-state index contributed by atoms with van der Waals surface area (Å²) in [6, 6.07) is 0. The molecule has 0 bridgehead atoms. The third-order valence-corrected chi connectivity index (χ3v) is 5.97. The lowest BCUT2D eigenvalue weighted by molar-refractivity contribution is -0.0817. The summed E-state index contributed by atoms with van der Waals surface area (Å²) in [7, 11) is 1.89. The van der Waals surface area contributed by atoms with Gasteiger partial charge in [0.2, 0.25) is 0 Å². The van der Waals surface area contributed by atoms with Crippen LogP contribution in [-0.2, 0) is 9.47 Å². The highest BCUT2D eigenvalue weighted by Gasteiger charge is 2.32. The zero-order valence-corrected chi connectivity index (χ0v) is 16.1. The normalized spacial score (nSPS) is 30.0. The number of piperidine rings is 1. The zero-order valence-electron chi connectivity index (χ0n) is 16.1. The minimum absolute atomic E-state index is 0.188. The van der Waals surface area contributed by atoms with Gasteiger partial charge in [0.15, 0.2) is 5.96 Å². The van der Waals surface area contributed by atoms with Crippen molar-refractivity contribution in [2.45, 2.75) is 51.2 Å². The summed E-state index contributed by atoms with van der Waals surface area (Å²) < 4.78 is 11.8. The first kappa shape index (κ1) is 18.9. The summed E-state index contributed by atoms with van der Waals surface area (Å²) >= 11 is 0. The van der Waals surface area contributed by atoms with Crippen molar-refractivity contribution in [3.8, 4) is 0 Å². The number of hydrogen-bond acceptors (Lipinski definition) is 4. The average molecular weight is 353 g/mol. The second-order valence-electron chi connectivity index (χ2n) is 7.55. The molecule has 1 N–H and O–H groups in total. The fourth-order valence-corrected chi connectivity index (χ4v) is 4.30. The van der Waals surface area contributed by atoms with Crippen molar-refractivity contribution in [1.29, 1.82) is 0 Å². The standard InChI is InChI=1S/C19H36N4O2/c1-3-22-10-7-16(8-11-22)6-9-21-19(20-2)23-12-14-25-18(15-23)17-5-4-13-24-17/h16-18H,3-15H2,1-2H3,(H,20,21). The molecule has 3 fully saturated rings. The molecule has 144 valence electrons. The van der Waals surface area contributed by atoms with E-state index in [1.807, 2.05) is 7.05 Å². The highest BCUT2D eigenvalue weighted by Crippen LogP contribution is 2.21. The SMILES string of the molecule is CCN1CCC(CCNC(=NC)N2CCOC(C3CCCO3)C2)CC1. The van der Waals surface area contributed by atoms with E-state index in [2.05, 4.69) is 27.0 Å². The largest absolute Gasteiger partial charge is 0.375 e. The number of nitrogens with one attached hydrogen (secondary N) is 1. The van der Waals surface area contributed by atoms with Crippen molar-refractivity contribution in [1.82, 2.24) is 15.1 Å². The Balaban J connectivity index is 1.40. The summed E-state index contributed by atoms with van der Waals surface area (Å²) in [5.74, 6) is 1.88. The molecule has 3 aliphatic rings. The number of rotatable bonds is 5. The van der Waals surface area contributed by atoms with Crippen LogP contribution in [0.25, 0.3) is 0 Å². The molecule has 0 saturated carbocycles. The van der Waals surface area contributed by atoms with Crippen LogP contribution in [0.15, 0.2) is 4.99 Å². The van der Waals surface area contributed by atoms with Crippen LogP contribution in [0.1, 0.15) is 39.0 Å². The average Bonchev–Trinajstić information content (AvgIpc) is 3.21. The summed E-state index contributed by atoms with van der Waals surface area (Å²) in [5.41, 5.74) is 0. The molecule has 0 aromatic rings. The summed E-state index contributed by atoms with van der Waals surface area (Å²) in [4.78, 5) is 9.41. The topological polar surface area (TPSA) is 49.3 Å². The first-order chi connectivity index (χ1) is 12.3. The zero-order chi connectivity index (χ0) is 17.5. The van der Waals surface area contributed by atoms with E-state index in [-0.39, 0.29) is 12.2 Å². The molecule has 0 aliphatic carbocycles. The number of hydrogen-bond donors (Lipinski definition) is 1. The lowest BCUT2D eigenvalue weighted by Crippen LogP contribution is -2.53. The number of guanidine groups is 1. The van der Waals surface area contributed by atoms with E-state index < -0.39 is 0 Å². The fourth-order valence-electron chi connectivity index (χ4n) is 4.30. The third-order valence-electron chi connectivity index (χ3n) is 5.97. The van der Waals surface area contributed by atoms with E-state index >= 15 is 0 Å². The van der Waals surface area contributed by atoms with Gasteiger partial charge in [-0.1, -0.05) is 6.92 Å². The van der Waals surface area contributed by atoms with Gasteiger partial charge in [0.25, 0.3) is 0 Å². The van der Waals surface area contributed by atoms with Gasteiger partial charge in [-0.3, -0.25) is 4.99 Å². The number of nitrogens with zero attached hydrogens (tertiary/aromatic N) is 3. The molecule has 3 saturated heterocycles. The Kier molecular flexibility index (Phi) is 7.37. The summed E-state index contributed by atoms with van der Waals surface area (Å²) in [6.07, 6.45) is 6.67. The molecule has 0 amide bonds. The molecule has 0 aromatic heterocycles. The predicted octanol–water partition coefficient (Wildman–Crippen LogP) is 1.56. The second-order valence-corrected chi connectivity index (χ2v) is 7.55. The molecule has 0 radical (unpaired) electrons. The molecule has 3 rings (SSSR count). The molecule has 6 nitrogen and oxygen atoms in total. The minimum Gasteiger partial charge on any atom is -0.375 e. The second kappa shape index (κ2) is 9.74. The van der Waals surface area contributed by atoms with Crippen LogP contribution in [-0.4, -0.2) is 87.5 Å². The molecule has 25 heavy (non-hydrogen) atoms. The van der Waals surface area contributed by atoms with Gasteiger partial charge < -0.3 is 24.6 Å². The van der Waals surface area contributed by atoms with Gasteiger partial charge >= 0.3 is 0 Å². The molecule has 3 aliphatic heterocycles. The molecule has 2 atom stereocenters. The Morgan fingerprint density at radius 1 is 1.08 bits per heavy atom. The van der Waals surface area contributed by atoms with Crippen LogP contribution >= 0.6 is 0 Å². The van der Waals surface area contributed by atoms with Crippen LogP contribution < -0.4 is 5.32 Å². The molecule has 6 heteroatoms. The molecule has 3 heterocycles. The molecular formula is C19H36N4O2. The number of aliphatic imine (C=N–C) groups is 1. The summed E-state index contributed by atoms with van der Waals surface area (Å²) in [5, 5.41) is 3.59. The van der Waals surface area contributed by atoms with Gasteiger partial charge in [-0.2, -0.15) is 0 Å². The van der Waals surface area contributed by atoms with E-state index in [9.17, 15) is 0 Å².